The van der Waals surface area contributed by atoms with Crippen LogP contribution in [0.5, 0.6) is 0 Å². The zero-order valence-electron chi connectivity index (χ0n) is 15.6. The second kappa shape index (κ2) is 7.87. The Hall–Kier alpha value is -2.47. The molecule has 2 aliphatic carbocycles. The summed E-state index contributed by atoms with van der Waals surface area (Å²) < 4.78 is 0. The number of benzene rings is 1. The molecule has 0 saturated heterocycles. The summed E-state index contributed by atoms with van der Waals surface area (Å²) in [5.41, 5.74) is 0.976. The first-order valence-electron chi connectivity index (χ1n) is 9.70. The molecule has 4 rings (SSSR count). The Kier molecular flexibility index (Phi) is 5.31. The van der Waals surface area contributed by atoms with Crippen molar-refractivity contribution < 1.29 is 9.59 Å². The van der Waals surface area contributed by atoms with E-state index in [1.54, 1.807) is 30.5 Å². The van der Waals surface area contributed by atoms with E-state index >= 15 is 0 Å². The summed E-state index contributed by atoms with van der Waals surface area (Å²) in [5.74, 6) is 1.39. The third-order valence-corrected chi connectivity index (χ3v) is 6.22. The summed E-state index contributed by atoms with van der Waals surface area (Å²) >= 11 is 5.89. The number of hydrogen-bond acceptors (Lipinski definition) is 4. The second-order valence-corrected chi connectivity index (χ2v) is 8.07. The molecule has 2 saturated carbocycles. The molecule has 6 nitrogen and oxygen atoms in total. The van der Waals surface area contributed by atoms with E-state index in [0.717, 1.165) is 19.3 Å². The van der Waals surface area contributed by atoms with E-state index < -0.39 is 0 Å². The first-order chi connectivity index (χ1) is 13.6. The molecule has 3 unspecified atom stereocenters. The molecule has 2 aliphatic rings. The Morgan fingerprint density at radius 3 is 2.46 bits per heavy atom. The Balaban J connectivity index is 1.30. The van der Waals surface area contributed by atoms with Crippen LogP contribution >= 0.6 is 11.6 Å². The third-order valence-electron chi connectivity index (χ3n) is 5.97. The van der Waals surface area contributed by atoms with Crippen LogP contribution in [0.4, 0.5) is 0 Å². The Bertz CT molecular complexity index is 846. The van der Waals surface area contributed by atoms with Crippen LogP contribution in [0.25, 0.3) is 0 Å². The van der Waals surface area contributed by atoms with Crippen LogP contribution in [0.3, 0.4) is 0 Å². The largest absolute Gasteiger partial charge is 0.349 e. The lowest BCUT2D eigenvalue weighted by atomic mass is 9.99. The maximum Gasteiger partial charge on any atom is 0.271 e. The molecule has 2 N–H and O–H groups in total. The van der Waals surface area contributed by atoms with Gasteiger partial charge in [-0.2, -0.15) is 0 Å². The van der Waals surface area contributed by atoms with E-state index in [4.69, 9.17) is 11.6 Å². The number of carbonyl (C=O) groups excluding carboxylic acids is 2. The molecule has 2 aromatic rings. The van der Waals surface area contributed by atoms with E-state index in [0.29, 0.717) is 34.0 Å². The Morgan fingerprint density at radius 2 is 1.86 bits per heavy atom. The van der Waals surface area contributed by atoms with Crippen molar-refractivity contribution in [3.05, 3.63) is 59.1 Å². The van der Waals surface area contributed by atoms with Gasteiger partial charge in [0.05, 0.1) is 6.20 Å². The van der Waals surface area contributed by atoms with E-state index in [-0.39, 0.29) is 23.9 Å². The molecule has 28 heavy (non-hydrogen) atoms. The minimum absolute atomic E-state index is 0.0546. The number of amides is 2. The molecule has 0 bridgehead atoms. The van der Waals surface area contributed by atoms with Crippen molar-refractivity contribution >= 4 is 23.4 Å². The monoisotopic (exact) mass is 398 g/mol. The first kappa shape index (κ1) is 18.9. The Morgan fingerprint density at radius 1 is 1.14 bits per heavy atom. The highest BCUT2D eigenvalue weighted by atomic mass is 35.5. The molecule has 1 aromatic heterocycles. The smallest absolute Gasteiger partial charge is 0.271 e. The van der Waals surface area contributed by atoms with Crippen LogP contribution in [-0.2, 0) is 0 Å². The van der Waals surface area contributed by atoms with E-state index in [2.05, 4.69) is 27.5 Å². The van der Waals surface area contributed by atoms with E-state index in [9.17, 15) is 9.59 Å². The van der Waals surface area contributed by atoms with E-state index in [1.165, 1.54) is 12.4 Å². The fraction of sp³-hybridized carbons (Fsp3) is 0.429. The van der Waals surface area contributed by atoms with Crippen molar-refractivity contribution in [1.29, 1.82) is 0 Å². The maximum absolute atomic E-state index is 12.5. The zero-order valence-corrected chi connectivity index (χ0v) is 16.4. The highest BCUT2D eigenvalue weighted by molar-refractivity contribution is 6.30. The highest BCUT2D eigenvalue weighted by Crippen LogP contribution is 2.59. The lowest BCUT2D eigenvalue weighted by molar-refractivity contribution is 0.0926. The molecule has 1 aromatic carbocycles. The zero-order chi connectivity index (χ0) is 19.7. The normalized spacial score (nSPS) is 26.2. The van der Waals surface area contributed by atoms with Crippen LogP contribution in [0.15, 0.2) is 42.9 Å². The number of halogens is 1. The fourth-order valence-corrected chi connectivity index (χ4v) is 4.73. The van der Waals surface area contributed by atoms with Crippen molar-refractivity contribution in [2.24, 2.45) is 17.8 Å². The molecule has 146 valence electrons. The summed E-state index contributed by atoms with van der Waals surface area (Å²) in [5, 5.41) is 6.87. The van der Waals surface area contributed by atoms with Crippen LogP contribution in [0.2, 0.25) is 5.02 Å². The van der Waals surface area contributed by atoms with Gasteiger partial charge in [-0.1, -0.05) is 18.5 Å². The highest BCUT2D eigenvalue weighted by Gasteiger charge is 2.58. The molecule has 2 amide bonds. The van der Waals surface area contributed by atoms with Crippen molar-refractivity contribution in [3.8, 4) is 0 Å². The molecular formula is C21H23ClN4O2. The van der Waals surface area contributed by atoms with Crippen molar-refractivity contribution in [2.75, 3.05) is 0 Å². The summed E-state index contributed by atoms with van der Waals surface area (Å²) in [6.07, 6.45) is 7.35. The fourth-order valence-electron chi connectivity index (χ4n) is 4.61. The SMILES string of the molecule is CCC(NC(=O)c1ccc(Cl)cc1)C1[C@H]2CC(NC(=O)c3cnccn3)C[C@@H]12. The lowest BCUT2D eigenvalue weighted by Gasteiger charge is -2.22. The van der Waals surface area contributed by atoms with Gasteiger partial charge in [0.1, 0.15) is 5.69 Å². The van der Waals surface area contributed by atoms with E-state index in [1.807, 2.05) is 0 Å². The van der Waals surface area contributed by atoms with Gasteiger partial charge in [-0.05, 0) is 61.3 Å². The van der Waals surface area contributed by atoms with Gasteiger partial charge >= 0.3 is 0 Å². The number of rotatable bonds is 6. The van der Waals surface area contributed by atoms with Gasteiger partial charge in [0, 0.05) is 35.1 Å². The van der Waals surface area contributed by atoms with Gasteiger partial charge in [-0.3, -0.25) is 14.6 Å². The minimum atomic E-state index is -0.168. The lowest BCUT2D eigenvalue weighted by Crippen LogP contribution is -2.39. The van der Waals surface area contributed by atoms with Crippen LogP contribution < -0.4 is 10.6 Å². The quantitative estimate of drug-likeness (QED) is 0.783. The number of nitrogens with one attached hydrogen (secondary N) is 2. The summed E-state index contributed by atoms with van der Waals surface area (Å²) in [6, 6.07) is 7.29. The van der Waals surface area contributed by atoms with Gasteiger partial charge in [0.25, 0.3) is 11.8 Å². The third kappa shape index (κ3) is 3.87. The van der Waals surface area contributed by atoms with Gasteiger partial charge in [0.15, 0.2) is 0 Å². The minimum Gasteiger partial charge on any atom is -0.349 e. The maximum atomic E-state index is 12.5. The van der Waals surface area contributed by atoms with Gasteiger partial charge in [-0.15, -0.1) is 0 Å². The van der Waals surface area contributed by atoms with Crippen LogP contribution in [0.1, 0.15) is 47.0 Å². The van der Waals surface area contributed by atoms with Crippen LogP contribution in [0, 0.1) is 17.8 Å². The molecule has 5 atom stereocenters. The average molecular weight is 399 g/mol. The number of nitrogens with zero attached hydrogens (tertiary/aromatic N) is 2. The summed E-state index contributed by atoms with van der Waals surface area (Å²) in [7, 11) is 0. The predicted octanol–water partition coefficient (Wildman–Crippen LogP) is 3.09. The van der Waals surface area contributed by atoms with Crippen molar-refractivity contribution in [3.63, 3.8) is 0 Å². The molecule has 0 aliphatic heterocycles. The molecule has 1 heterocycles. The van der Waals surface area contributed by atoms with Gasteiger partial charge in [0.2, 0.25) is 0 Å². The number of fused-ring (bicyclic) bond motifs is 1. The van der Waals surface area contributed by atoms with Crippen molar-refractivity contribution in [2.45, 2.75) is 38.3 Å². The summed E-state index contributed by atoms with van der Waals surface area (Å²) in [6.45, 7) is 2.11. The molecular weight excluding hydrogens is 376 g/mol. The number of carbonyl (C=O) groups is 2. The molecule has 0 radical (unpaired) electrons. The first-order valence-corrected chi connectivity index (χ1v) is 10.1. The summed E-state index contributed by atoms with van der Waals surface area (Å²) in [4.78, 5) is 32.7. The molecule has 0 spiro atoms. The molecule has 7 heteroatoms. The van der Waals surface area contributed by atoms with Crippen LogP contribution in [-0.4, -0.2) is 33.9 Å². The topological polar surface area (TPSA) is 84.0 Å². The predicted molar refractivity (Wildman–Crippen MR) is 106 cm³/mol. The van der Waals surface area contributed by atoms with Crippen molar-refractivity contribution in [1.82, 2.24) is 20.6 Å². The van der Waals surface area contributed by atoms with Gasteiger partial charge in [-0.25, -0.2) is 4.98 Å². The standard InChI is InChI=1S/C21H23ClN4O2/c1-2-17(26-20(27)12-3-5-13(22)6-4-12)19-15-9-14(10-16(15)19)25-21(28)18-11-23-7-8-24-18/h3-8,11,14-17,19H,2,9-10H2,1H3,(H,25,28)(H,26,27)/t14?,15-,16+,17?,19?. The number of hydrogen-bond donors (Lipinski definition) is 2. The average Bonchev–Trinajstić information content (AvgIpc) is 3.20. The van der Waals surface area contributed by atoms with Gasteiger partial charge < -0.3 is 10.6 Å². The molecule has 2 fully saturated rings. The Labute approximate surface area is 169 Å². The number of aromatic nitrogens is 2. The second-order valence-electron chi connectivity index (χ2n) is 7.63.